The van der Waals surface area contributed by atoms with Crippen molar-refractivity contribution < 1.29 is 5.11 Å². The van der Waals surface area contributed by atoms with Crippen molar-refractivity contribution in [3.63, 3.8) is 0 Å². The van der Waals surface area contributed by atoms with E-state index in [4.69, 9.17) is 6.42 Å². The van der Waals surface area contributed by atoms with Gasteiger partial charge in [-0.15, -0.1) is 12.3 Å². The first-order valence-corrected chi connectivity index (χ1v) is 3.94. The highest BCUT2D eigenvalue weighted by atomic mass is 16.3. The van der Waals surface area contributed by atoms with Gasteiger partial charge in [0.15, 0.2) is 0 Å². The van der Waals surface area contributed by atoms with Crippen molar-refractivity contribution in [1.82, 2.24) is 0 Å². The van der Waals surface area contributed by atoms with Gasteiger partial charge in [-0.3, -0.25) is 0 Å². The lowest BCUT2D eigenvalue weighted by atomic mass is 9.48. The van der Waals surface area contributed by atoms with Crippen molar-refractivity contribution in [2.45, 2.75) is 31.8 Å². The topological polar surface area (TPSA) is 20.2 Å². The first-order chi connectivity index (χ1) is 4.79. The van der Waals surface area contributed by atoms with E-state index in [2.05, 4.69) is 5.92 Å². The van der Waals surface area contributed by atoms with Gasteiger partial charge in [0.2, 0.25) is 0 Å². The van der Waals surface area contributed by atoms with Crippen LogP contribution in [0.5, 0.6) is 0 Å². The van der Waals surface area contributed by atoms with Crippen molar-refractivity contribution in [2.75, 3.05) is 0 Å². The van der Waals surface area contributed by atoms with E-state index >= 15 is 0 Å². The summed E-state index contributed by atoms with van der Waals surface area (Å²) in [6, 6.07) is 0. The summed E-state index contributed by atoms with van der Waals surface area (Å²) in [6.45, 7) is 0. The van der Waals surface area contributed by atoms with Crippen LogP contribution in [0.2, 0.25) is 0 Å². The molecule has 1 nitrogen and oxygen atoms in total. The molecule has 0 radical (unpaired) electrons. The Hall–Kier alpha value is -0.480. The Kier molecular flexibility index (Phi) is 1.10. The molecule has 0 aromatic heterocycles. The third kappa shape index (κ3) is 0.491. The Morgan fingerprint density at radius 1 is 1.50 bits per heavy atom. The van der Waals surface area contributed by atoms with Crippen LogP contribution in [0.15, 0.2) is 0 Å². The first kappa shape index (κ1) is 6.24. The predicted molar refractivity (Wildman–Crippen MR) is 39.2 cm³/mol. The summed E-state index contributed by atoms with van der Waals surface area (Å²) in [4.78, 5) is 0. The fourth-order valence-corrected chi connectivity index (χ4v) is 2.27. The molecule has 1 N–H and O–H groups in total. The van der Waals surface area contributed by atoms with Crippen molar-refractivity contribution in [2.24, 2.45) is 11.3 Å². The molecule has 0 aliphatic heterocycles. The Labute approximate surface area is 61.4 Å². The Bertz CT molecular complexity index is 185. The van der Waals surface area contributed by atoms with Gasteiger partial charge >= 0.3 is 0 Å². The van der Waals surface area contributed by atoms with E-state index in [1.54, 1.807) is 0 Å². The first-order valence-electron chi connectivity index (χ1n) is 3.94. The lowest BCUT2D eigenvalue weighted by molar-refractivity contribution is -0.147. The van der Waals surface area contributed by atoms with E-state index in [1.165, 1.54) is 6.42 Å². The molecule has 0 aromatic rings. The molecule has 1 spiro atoms. The molecule has 2 fully saturated rings. The molecule has 2 aliphatic carbocycles. The quantitative estimate of drug-likeness (QED) is 0.496. The van der Waals surface area contributed by atoms with E-state index in [-0.39, 0.29) is 11.5 Å². The van der Waals surface area contributed by atoms with Crippen molar-refractivity contribution in [3.05, 3.63) is 0 Å². The monoisotopic (exact) mass is 136 g/mol. The smallest absolute Gasteiger partial charge is 0.0620 e. The van der Waals surface area contributed by atoms with Crippen LogP contribution in [0, 0.1) is 23.7 Å². The van der Waals surface area contributed by atoms with Gasteiger partial charge < -0.3 is 5.11 Å². The SMILES string of the molecule is C#CC1CC(O)C12CCC2. The summed E-state index contributed by atoms with van der Waals surface area (Å²) < 4.78 is 0. The molecule has 2 saturated carbocycles. The molecule has 0 aromatic carbocycles. The second-order valence-corrected chi connectivity index (χ2v) is 3.56. The maximum Gasteiger partial charge on any atom is 0.0620 e. The van der Waals surface area contributed by atoms with Crippen LogP contribution in [-0.2, 0) is 0 Å². The van der Waals surface area contributed by atoms with Gasteiger partial charge in [0.25, 0.3) is 0 Å². The van der Waals surface area contributed by atoms with E-state index in [1.807, 2.05) is 0 Å². The van der Waals surface area contributed by atoms with Gasteiger partial charge in [-0.1, -0.05) is 6.42 Å². The van der Waals surface area contributed by atoms with E-state index in [0.29, 0.717) is 5.92 Å². The highest BCUT2D eigenvalue weighted by molar-refractivity contribution is 5.17. The van der Waals surface area contributed by atoms with Crippen LogP contribution < -0.4 is 0 Å². The van der Waals surface area contributed by atoms with Gasteiger partial charge in [-0.2, -0.15) is 0 Å². The van der Waals surface area contributed by atoms with Crippen LogP contribution in [0.3, 0.4) is 0 Å². The second kappa shape index (κ2) is 1.77. The van der Waals surface area contributed by atoms with Crippen molar-refractivity contribution in [3.8, 4) is 12.3 Å². The number of rotatable bonds is 0. The summed E-state index contributed by atoms with van der Waals surface area (Å²) in [5.41, 5.74) is 0.189. The number of aliphatic hydroxyl groups is 1. The van der Waals surface area contributed by atoms with Gasteiger partial charge in [-0.05, 0) is 19.3 Å². The van der Waals surface area contributed by atoms with Gasteiger partial charge in [-0.25, -0.2) is 0 Å². The zero-order chi connectivity index (χ0) is 7.19. The fraction of sp³-hybridized carbons (Fsp3) is 0.778. The molecule has 0 heterocycles. The molecule has 1 heteroatoms. The number of hydrogen-bond donors (Lipinski definition) is 1. The van der Waals surface area contributed by atoms with Crippen molar-refractivity contribution >= 4 is 0 Å². The zero-order valence-corrected chi connectivity index (χ0v) is 6.01. The predicted octanol–water partition coefficient (Wildman–Crippen LogP) is 1.17. The molecular formula is C9H12O. The normalized spacial score (nSPS) is 41.6. The Morgan fingerprint density at radius 3 is 2.40 bits per heavy atom. The van der Waals surface area contributed by atoms with Crippen LogP contribution >= 0.6 is 0 Å². The van der Waals surface area contributed by atoms with E-state index < -0.39 is 0 Å². The molecular weight excluding hydrogens is 124 g/mol. The van der Waals surface area contributed by atoms with E-state index in [0.717, 1.165) is 19.3 Å². The van der Waals surface area contributed by atoms with Gasteiger partial charge in [0.1, 0.15) is 0 Å². The molecule has 2 rings (SSSR count). The summed E-state index contributed by atoms with van der Waals surface area (Å²) in [6.07, 6.45) is 9.65. The number of terminal acetylenes is 1. The third-order valence-corrected chi connectivity index (χ3v) is 3.30. The highest BCUT2D eigenvalue weighted by Crippen LogP contribution is 2.59. The minimum Gasteiger partial charge on any atom is -0.392 e. The lowest BCUT2D eigenvalue weighted by Crippen LogP contribution is -2.56. The average Bonchev–Trinajstić information content (AvgIpc) is 1.78. The molecule has 0 bridgehead atoms. The van der Waals surface area contributed by atoms with Crippen LogP contribution in [-0.4, -0.2) is 11.2 Å². The second-order valence-electron chi connectivity index (χ2n) is 3.56. The largest absolute Gasteiger partial charge is 0.392 e. The summed E-state index contributed by atoms with van der Waals surface area (Å²) in [5.74, 6) is 3.15. The minimum absolute atomic E-state index is 0.0812. The van der Waals surface area contributed by atoms with Crippen molar-refractivity contribution in [1.29, 1.82) is 0 Å². The summed E-state index contributed by atoms with van der Waals surface area (Å²) in [7, 11) is 0. The number of hydrogen-bond acceptors (Lipinski definition) is 1. The summed E-state index contributed by atoms with van der Waals surface area (Å²) >= 11 is 0. The third-order valence-electron chi connectivity index (χ3n) is 3.30. The van der Waals surface area contributed by atoms with Crippen LogP contribution in [0.4, 0.5) is 0 Å². The van der Waals surface area contributed by atoms with E-state index in [9.17, 15) is 5.11 Å². The molecule has 54 valence electrons. The number of aliphatic hydroxyl groups excluding tert-OH is 1. The van der Waals surface area contributed by atoms with Gasteiger partial charge in [0.05, 0.1) is 6.10 Å². The van der Waals surface area contributed by atoms with Gasteiger partial charge in [0, 0.05) is 11.3 Å². The molecule has 0 amide bonds. The molecule has 10 heavy (non-hydrogen) atoms. The standard InChI is InChI=1S/C9H12O/c1-2-7-6-8(10)9(7)4-3-5-9/h1,7-8,10H,3-6H2. The fourth-order valence-electron chi connectivity index (χ4n) is 2.27. The molecule has 0 saturated heterocycles. The highest BCUT2D eigenvalue weighted by Gasteiger charge is 2.56. The summed E-state index contributed by atoms with van der Waals surface area (Å²) in [5, 5.41) is 9.42. The maximum atomic E-state index is 9.42. The Morgan fingerprint density at radius 2 is 2.20 bits per heavy atom. The lowest BCUT2D eigenvalue weighted by Gasteiger charge is -2.57. The molecule has 2 aliphatic rings. The zero-order valence-electron chi connectivity index (χ0n) is 6.01. The van der Waals surface area contributed by atoms with Crippen LogP contribution in [0.1, 0.15) is 25.7 Å². The molecule has 2 unspecified atom stereocenters. The van der Waals surface area contributed by atoms with Crippen LogP contribution in [0.25, 0.3) is 0 Å². The molecule has 2 atom stereocenters. The Balaban J connectivity index is 2.12. The average molecular weight is 136 g/mol. The maximum absolute atomic E-state index is 9.42. The minimum atomic E-state index is -0.0812.